The summed E-state index contributed by atoms with van der Waals surface area (Å²) in [5.74, 6) is 0. The molecule has 2 rings (SSSR count). The highest BCUT2D eigenvalue weighted by Gasteiger charge is 2.10. The average molecular weight is 235 g/mol. The van der Waals surface area contributed by atoms with E-state index in [1.165, 1.54) is 25.9 Å². The number of nitrogen functional groups attached to an aromatic ring is 1. The van der Waals surface area contributed by atoms with Gasteiger partial charge in [-0.05, 0) is 51.4 Å². The first-order valence-electron chi connectivity index (χ1n) is 6.36. The quantitative estimate of drug-likeness (QED) is 0.854. The Morgan fingerprint density at radius 1 is 1.29 bits per heavy atom. The van der Waals surface area contributed by atoms with E-state index in [0.29, 0.717) is 5.69 Å². The molecular formula is C13H21N3O. The number of hydrogen-bond acceptors (Lipinski definition) is 3. The molecule has 0 aliphatic carbocycles. The molecule has 2 heterocycles. The second-order valence-corrected chi connectivity index (χ2v) is 4.85. The average Bonchev–Trinajstić information content (AvgIpc) is 2.78. The summed E-state index contributed by atoms with van der Waals surface area (Å²) in [5, 5.41) is 0. The van der Waals surface area contributed by atoms with Gasteiger partial charge in [-0.3, -0.25) is 4.79 Å². The second kappa shape index (κ2) is 5.36. The fourth-order valence-electron chi connectivity index (χ4n) is 2.33. The van der Waals surface area contributed by atoms with Gasteiger partial charge in [0.2, 0.25) is 0 Å². The minimum atomic E-state index is 0.0538. The lowest BCUT2D eigenvalue weighted by Crippen LogP contribution is -2.25. The summed E-state index contributed by atoms with van der Waals surface area (Å²) in [6.07, 6.45) is 5.42. The number of aryl methyl sites for hydroxylation is 2. The van der Waals surface area contributed by atoms with Crippen LogP contribution in [0.1, 0.15) is 24.8 Å². The normalized spacial score (nSPS) is 16.5. The summed E-state index contributed by atoms with van der Waals surface area (Å²) in [5.41, 5.74) is 7.43. The van der Waals surface area contributed by atoms with Crippen LogP contribution in [-0.4, -0.2) is 29.1 Å². The molecule has 94 valence electrons. The van der Waals surface area contributed by atoms with Crippen molar-refractivity contribution in [3.8, 4) is 0 Å². The Bertz CT molecular complexity index is 433. The number of aromatic nitrogens is 1. The number of hydrogen-bond donors (Lipinski definition) is 1. The molecule has 0 spiro atoms. The summed E-state index contributed by atoms with van der Waals surface area (Å²) in [7, 11) is 0. The van der Waals surface area contributed by atoms with Crippen LogP contribution in [-0.2, 0) is 6.54 Å². The molecule has 0 unspecified atom stereocenters. The van der Waals surface area contributed by atoms with Gasteiger partial charge in [0, 0.05) is 18.8 Å². The Morgan fingerprint density at radius 3 is 2.71 bits per heavy atom. The van der Waals surface area contributed by atoms with Crippen LogP contribution in [0.4, 0.5) is 5.69 Å². The van der Waals surface area contributed by atoms with Gasteiger partial charge in [-0.25, -0.2) is 0 Å². The lowest BCUT2D eigenvalue weighted by Gasteiger charge is -2.15. The molecule has 0 atom stereocenters. The van der Waals surface area contributed by atoms with Gasteiger partial charge in [-0.1, -0.05) is 0 Å². The molecular weight excluding hydrogens is 214 g/mol. The third-order valence-electron chi connectivity index (χ3n) is 3.45. The van der Waals surface area contributed by atoms with Gasteiger partial charge >= 0.3 is 0 Å². The number of pyridine rings is 1. The lowest BCUT2D eigenvalue weighted by molar-refractivity contribution is 0.324. The van der Waals surface area contributed by atoms with Crippen LogP contribution in [0.3, 0.4) is 0 Å². The fourth-order valence-corrected chi connectivity index (χ4v) is 2.33. The first-order valence-corrected chi connectivity index (χ1v) is 6.36. The van der Waals surface area contributed by atoms with E-state index in [1.54, 1.807) is 16.8 Å². The van der Waals surface area contributed by atoms with Crippen molar-refractivity contribution in [3.63, 3.8) is 0 Å². The lowest BCUT2D eigenvalue weighted by atomic mass is 10.2. The van der Waals surface area contributed by atoms with Gasteiger partial charge in [0.15, 0.2) is 0 Å². The molecule has 2 N–H and O–H groups in total. The van der Waals surface area contributed by atoms with Gasteiger partial charge in [-0.2, -0.15) is 0 Å². The van der Waals surface area contributed by atoms with E-state index in [0.717, 1.165) is 25.1 Å². The molecule has 0 aromatic carbocycles. The minimum absolute atomic E-state index is 0.0538. The monoisotopic (exact) mass is 235 g/mol. The molecule has 4 heteroatoms. The van der Waals surface area contributed by atoms with Gasteiger partial charge < -0.3 is 15.2 Å². The first kappa shape index (κ1) is 12.2. The summed E-state index contributed by atoms with van der Waals surface area (Å²) in [6.45, 7) is 6.14. The van der Waals surface area contributed by atoms with Crippen molar-refractivity contribution in [3.05, 3.63) is 28.2 Å². The Balaban J connectivity index is 1.90. The van der Waals surface area contributed by atoms with Crippen molar-refractivity contribution in [2.24, 2.45) is 0 Å². The van der Waals surface area contributed by atoms with Crippen LogP contribution >= 0.6 is 0 Å². The van der Waals surface area contributed by atoms with Gasteiger partial charge in [0.25, 0.3) is 5.56 Å². The van der Waals surface area contributed by atoms with Crippen molar-refractivity contribution in [1.29, 1.82) is 0 Å². The Labute approximate surface area is 102 Å². The molecule has 1 aliphatic rings. The highest BCUT2D eigenvalue weighted by atomic mass is 16.1. The van der Waals surface area contributed by atoms with E-state index in [2.05, 4.69) is 4.90 Å². The molecule has 1 aliphatic heterocycles. The van der Waals surface area contributed by atoms with E-state index in [9.17, 15) is 4.79 Å². The van der Waals surface area contributed by atoms with E-state index >= 15 is 0 Å². The van der Waals surface area contributed by atoms with E-state index in [-0.39, 0.29) is 5.56 Å². The second-order valence-electron chi connectivity index (χ2n) is 4.85. The maximum Gasteiger partial charge on any atom is 0.250 e. The molecule has 1 aromatic rings. The van der Waals surface area contributed by atoms with Gasteiger partial charge in [0.1, 0.15) is 0 Å². The smallest absolute Gasteiger partial charge is 0.250 e. The van der Waals surface area contributed by atoms with Crippen molar-refractivity contribution in [2.45, 2.75) is 32.7 Å². The number of nitrogens with two attached hydrogens (primary N) is 1. The molecule has 1 fully saturated rings. The van der Waals surface area contributed by atoms with Crippen molar-refractivity contribution >= 4 is 5.69 Å². The Morgan fingerprint density at radius 2 is 2.00 bits per heavy atom. The maximum atomic E-state index is 11.7. The topological polar surface area (TPSA) is 51.3 Å². The summed E-state index contributed by atoms with van der Waals surface area (Å²) >= 11 is 0. The zero-order valence-electron chi connectivity index (χ0n) is 10.5. The Kier molecular flexibility index (Phi) is 3.84. The zero-order valence-corrected chi connectivity index (χ0v) is 10.5. The number of likely N-dealkylation sites (tertiary alicyclic amines) is 1. The standard InChI is InChI=1S/C13H21N3O/c1-11-9-13(17)16(10-12(11)14)8-4-7-15-5-2-3-6-15/h9-10H,2-8,14H2,1H3. The van der Waals surface area contributed by atoms with Crippen LogP contribution in [0.25, 0.3) is 0 Å². The molecule has 0 radical (unpaired) electrons. The van der Waals surface area contributed by atoms with Crippen LogP contribution in [0.5, 0.6) is 0 Å². The summed E-state index contributed by atoms with van der Waals surface area (Å²) in [6, 6.07) is 1.62. The molecule has 0 saturated carbocycles. The highest BCUT2D eigenvalue weighted by molar-refractivity contribution is 5.42. The van der Waals surface area contributed by atoms with E-state index < -0.39 is 0 Å². The maximum absolute atomic E-state index is 11.7. The highest BCUT2D eigenvalue weighted by Crippen LogP contribution is 2.09. The largest absolute Gasteiger partial charge is 0.397 e. The predicted molar refractivity (Wildman–Crippen MR) is 70.1 cm³/mol. The molecule has 4 nitrogen and oxygen atoms in total. The molecule has 17 heavy (non-hydrogen) atoms. The van der Waals surface area contributed by atoms with Crippen molar-refractivity contribution in [2.75, 3.05) is 25.4 Å². The van der Waals surface area contributed by atoms with Crippen molar-refractivity contribution in [1.82, 2.24) is 9.47 Å². The molecule has 0 bridgehead atoms. The first-order chi connectivity index (χ1) is 8.16. The summed E-state index contributed by atoms with van der Waals surface area (Å²) < 4.78 is 1.72. The van der Waals surface area contributed by atoms with Crippen LogP contribution in [0.2, 0.25) is 0 Å². The van der Waals surface area contributed by atoms with Crippen LogP contribution in [0.15, 0.2) is 17.1 Å². The number of rotatable bonds is 4. The minimum Gasteiger partial charge on any atom is -0.397 e. The fraction of sp³-hybridized carbons (Fsp3) is 0.615. The SMILES string of the molecule is Cc1cc(=O)n(CCCN2CCCC2)cc1N. The van der Waals surface area contributed by atoms with E-state index in [1.807, 2.05) is 6.92 Å². The number of anilines is 1. The Hall–Kier alpha value is -1.29. The predicted octanol–water partition coefficient (Wildman–Crippen LogP) is 1.22. The van der Waals surface area contributed by atoms with Gasteiger partial charge in [0.05, 0.1) is 5.69 Å². The zero-order chi connectivity index (χ0) is 12.3. The molecule has 1 aromatic heterocycles. The third-order valence-corrected chi connectivity index (χ3v) is 3.45. The van der Waals surface area contributed by atoms with E-state index in [4.69, 9.17) is 5.73 Å². The molecule has 1 saturated heterocycles. The molecule has 0 amide bonds. The summed E-state index contributed by atoms with van der Waals surface area (Å²) in [4.78, 5) is 14.2. The van der Waals surface area contributed by atoms with Crippen LogP contribution in [0, 0.1) is 6.92 Å². The van der Waals surface area contributed by atoms with Crippen molar-refractivity contribution < 1.29 is 0 Å². The van der Waals surface area contributed by atoms with Crippen LogP contribution < -0.4 is 11.3 Å². The van der Waals surface area contributed by atoms with Gasteiger partial charge in [-0.15, -0.1) is 0 Å². The third kappa shape index (κ3) is 3.09. The number of nitrogens with zero attached hydrogens (tertiary/aromatic N) is 2.